The van der Waals surface area contributed by atoms with Crippen LogP contribution in [0.4, 0.5) is 0 Å². The molecule has 2 unspecified atom stereocenters. The highest BCUT2D eigenvalue weighted by Gasteiger charge is 2.52. The number of rotatable bonds is 2. The van der Waals surface area contributed by atoms with Crippen molar-refractivity contribution >= 4 is 11.8 Å². The highest BCUT2D eigenvalue weighted by Crippen LogP contribution is 2.37. The number of aromatic nitrogens is 1. The summed E-state index contributed by atoms with van der Waals surface area (Å²) in [7, 11) is 0. The third-order valence-electron chi connectivity index (χ3n) is 4.84. The molecule has 1 aliphatic heterocycles. The average molecular weight is 287 g/mol. The number of hydrogen-bond acceptors (Lipinski definition) is 3. The quantitative estimate of drug-likeness (QED) is 0.902. The van der Waals surface area contributed by atoms with Crippen LogP contribution in [0.2, 0.25) is 0 Å². The molecule has 1 N–H and O–H groups in total. The highest BCUT2D eigenvalue weighted by molar-refractivity contribution is 6.00. The Morgan fingerprint density at radius 1 is 1.38 bits per heavy atom. The van der Waals surface area contributed by atoms with E-state index in [1.54, 1.807) is 24.2 Å². The zero-order chi connectivity index (χ0) is 15.0. The van der Waals surface area contributed by atoms with E-state index in [1.807, 2.05) is 19.1 Å². The van der Waals surface area contributed by atoms with E-state index in [0.717, 1.165) is 31.2 Å². The maximum Gasteiger partial charge on any atom is 0.249 e. The molecule has 1 spiro atoms. The number of piperazine rings is 1. The van der Waals surface area contributed by atoms with Crippen molar-refractivity contribution in [2.24, 2.45) is 0 Å². The van der Waals surface area contributed by atoms with Crippen molar-refractivity contribution in [2.75, 3.05) is 0 Å². The van der Waals surface area contributed by atoms with Gasteiger partial charge in [0.25, 0.3) is 0 Å². The minimum atomic E-state index is -0.667. The van der Waals surface area contributed by atoms with Crippen LogP contribution in [0.5, 0.6) is 0 Å². The molecule has 2 fully saturated rings. The topological polar surface area (TPSA) is 62.3 Å². The van der Waals surface area contributed by atoms with Crippen molar-refractivity contribution in [3.63, 3.8) is 0 Å². The summed E-state index contributed by atoms with van der Waals surface area (Å²) in [6, 6.07) is 3.21. The third-order valence-corrected chi connectivity index (χ3v) is 4.84. The number of hydrogen-bond donors (Lipinski definition) is 1. The summed E-state index contributed by atoms with van der Waals surface area (Å²) in [5, 5.41) is 2.98. The monoisotopic (exact) mass is 287 g/mol. The first kappa shape index (κ1) is 14.0. The van der Waals surface area contributed by atoms with Gasteiger partial charge < -0.3 is 10.2 Å². The van der Waals surface area contributed by atoms with Crippen LogP contribution in [0.3, 0.4) is 0 Å². The van der Waals surface area contributed by atoms with E-state index in [2.05, 4.69) is 10.3 Å². The first-order valence-corrected chi connectivity index (χ1v) is 7.60. The number of carbonyl (C=O) groups excluding carboxylic acids is 2. The summed E-state index contributed by atoms with van der Waals surface area (Å²) in [5.74, 6) is 0.00990. The van der Waals surface area contributed by atoms with Gasteiger partial charge in [-0.25, -0.2) is 0 Å². The molecule has 1 aromatic heterocycles. The van der Waals surface area contributed by atoms with Crippen molar-refractivity contribution in [1.29, 1.82) is 0 Å². The fraction of sp³-hybridized carbons (Fsp3) is 0.562. The molecule has 0 aromatic carbocycles. The van der Waals surface area contributed by atoms with Gasteiger partial charge in [0, 0.05) is 12.4 Å². The lowest BCUT2D eigenvalue weighted by atomic mass is 9.89. The molecule has 0 bridgehead atoms. The molecule has 2 aliphatic rings. The Morgan fingerprint density at radius 2 is 2.10 bits per heavy atom. The molecule has 2 heterocycles. The van der Waals surface area contributed by atoms with E-state index in [1.165, 1.54) is 0 Å². The molecule has 2 atom stereocenters. The van der Waals surface area contributed by atoms with E-state index in [4.69, 9.17) is 0 Å². The third kappa shape index (κ3) is 2.20. The van der Waals surface area contributed by atoms with Gasteiger partial charge >= 0.3 is 0 Å². The fourth-order valence-corrected chi connectivity index (χ4v) is 3.56. The van der Waals surface area contributed by atoms with Crippen LogP contribution >= 0.6 is 0 Å². The Kier molecular flexibility index (Phi) is 3.43. The minimum Gasteiger partial charge on any atom is -0.340 e. The molecule has 5 heteroatoms. The van der Waals surface area contributed by atoms with Gasteiger partial charge in [0.1, 0.15) is 11.6 Å². The summed E-state index contributed by atoms with van der Waals surface area (Å²) in [6.45, 7) is 3.76. The fourth-order valence-electron chi connectivity index (χ4n) is 3.56. The SMILES string of the molecule is CC1C(=O)NC2(CCCC2)C(=O)N1C(C)c1cccnc1. The van der Waals surface area contributed by atoms with Gasteiger partial charge in [-0.1, -0.05) is 18.9 Å². The van der Waals surface area contributed by atoms with Gasteiger partial charge in [0.15, 0.2) is 0 Å². The zero-order valence-corrected chi connectivity index (χ0v) is 12.5. The Morgan fingerprint density at radius 3 is 2.71 bits per heavy atom. The van der Waals surface area contributed by atoms with E-state index in [-0.39, 0.29) is 17.9 Å². The summed E-state index contributed by atoms with van der Waals surface area (Å²) in [6.07, 6.45) is 6.97. The minimum absolute atomic E-state index is 0.0489. The average Bonchev–Trinajstić information content (AvgIpc) is 2.96. The van der Waals surface area contributed by atoms with Crippen LogP contribution in [-0.4, -0.2) is 33.3 Å². The molecule has 0 radical (unpaired) electrons. The molecular weight excluding hydrogens is 266 g/mol. The second-order valence-corrected chi connectivity index (χ2v) is 6.13. The lowest BCUT2D eigenvalue weighted by molar-refractivity contribution is -0.156. The van der Waals surface area contributed by atoms with Gasteiger partial charge in [-0.2, -0.15) is 0 Å². The summed E-state index contributed by atoms with van der Waals surface area (Å²) < 4.78 is 0. The molecule has 21 heavy (non-hydrogen) atoms. The van der Waals surface area contributed by atoms with Crippen LogP contribution in [-0.2, 0) is 9.59 Å². The maximum absolute atomic E-state index is 13.0. The Balaban J connectivity index is 1.95. The van der Waals surface area contributed by atoms with Crippen LogP contribution in [0, 0.1) is 0 Å². The predicted molar refractivity (Wildman–Crippen MR) is 78.3 cm³/mol. The van der Waals surface area contributed by atoms with E-state index < -0.39 is 11.6 Å². The van der Waals surface area contributed by atoms with Gasteiger partial charge in [-0.15, -0.1) is 0 Å². The standard InChI is InChI=1S/C16H21N3O2/c1-11(13-6-5-9-17-10-13)19-12(2)14(20)18-16(15(19)21)7-3-4-8-16/h5-6,9-12H,3-4,7-8H2,1-2H3,(H,18,20). The highest BCUT2D eigenvalue weighted by atomic mass is 16.2. The molecule has 3 rings (SSSR count). The number of amides is 2. The molecule has 2 amide bonds. The largest absolute Gasteiger partial charge is 0.340 e. The number of pyridine rings is 1. The van der Waals surface area contributed by atoms with Gasteiger partial charge in [0.05, 0.1) is 6.04 Å². The molecule has 1 saturated carbocycles. The Labute approximate surface area is 124 Å². The molecule has 1 aliphatic carbocycles. The van der Waals surface area contributed by atoms with Crippen molar-refractivity contribution in [1.82, 2.24) is 15.2 Å². The van der Waals surface area contributed by atoms with Crippen LogP contribution in [0.1, 0.15) is 51.1 Å². The van der Waals surface area contributed by atoms with Crippen molar-refractivity contribution in [2.45, 2.75) is 57.2 Å². The molecule has 1 aromatic rings. The predicted octanol–water partition coefficient (Wildman–Crippen LogP) is 1.80. The van der Waals surface area contributed by atoms with Crippen LogP contribution in [0.15, 0.2) is 24.5 Å². The number of nitrogens with zero attached hydrogens (tertiary/aromatic N) is 2. The van der Waals surface area contributed by atoms with E-state index in [0.29, 0.717) is 0 Å². The molecule has 112 valence electrons. The van der Waals surface area contributed by atoms with E-state index in [9.17, 15) is 9.59 Å². The van der Waals surface area contributed by atoms with Gasteiger partial charge in [0.2, 0.25) is 11.8 Å². The molecule has 1 saturated heterocycles. The lowest BCUT2D eigenvalue weighted by Crippen LogP contribution is -2.69. The van der Waals surface area contributed by atoms with Crippen LogP contribution < -0.4 is 5.32 Å². The number of carbonyl (C=O) groups is 2. The zero-order valence-electron chi connectivity index (χ0n) is 12.5. The smallest absolute Gasteiger partial charge is 0.249 e. The van der Waals surface area contributed by atoms with Crippen molar-refractivity contribution in [3.05, 3.63) is 30.1 Å². The van der Waals surface area contributed by atoms with Crippen molar-refractivity contribution < 1.29 is 9.59 Å². The first-order valence-electron chi connectivity index (χ1n) is 7.60. The summed E-state index contributed by atoms with van der Waals surface area (Å²) in [4.78, 5) is 31.2. The lowest BCUT2D eigenvalue weighted by Gasteiger charge is -2.46. The van der Waals surface area contributed by atoms with E-state index >= 15 is 0 Å². The molecular formula is C16H21N3O2. The van der Waals surface area contributed by atoms with Gasteiger partial charge in [-0.05, 0) is 38.3 Å². The summed E-state index contributed by atoms with van der Waals surface area (Å²) in [5.41, 5.74) is 0.292. The number of nitrogens with one attached hydrogen (secondary N) is 1. The Hall–Kier alpha value is -1.91. The van der Waals surface area contributed by atoms with Crippen molar-refractivity contribution in [3.8, 4) is 0 Å². The second-order valence-electron chi connectivity index (χ2n) is 6.13. The normalized spacial score (nSPS) is 26.0. The van der Waals surface area contributed by atoms with Gasteiger partial charge in [-0.3, -0.25) is 14.6 Å². The summed E-state index contributed by atoms with van der Waals surface area (Å²) >= 11 is 0. The van der Waals surface area contributed by atoms with Crippen LogP contribution in [0.25, 0.3) is 0 Å². The Bertz CT molecular complexity index is 552. The molecule has 5 nitrogen and oxygen atoms in total. The first-order chi connectivity index (χ1) is 10.1. The second kappa shape index (κ2) is 5.13. The maximum atomic E-state index is 13.0.